The molecule has 0 spiro atoms. The van der Waals surface area contributed by atoms with Crippen molar-refractivity contribution in [1.82, 2.24) is 9.88 Å². The molecule has 2 rings (SSSR count). The van der Waals surface area contributed by atoms with Crippen LogP contribution in [0.5, 0.6) is 5.75 Å². The van der Waals surface area contributed by atoms with Crippen LogP contribution in [0.3, 0.4) is 0 Å². The Morgan fingerprint density at radius 1 is 1.19 bits per heavy atom. The minimum absolute atomic E-state index is 0.184. The zero-order valence-electron chi connectivity index (χ0n) is 15.7. The Morgan fingerprint density at radius 2 is 1.92 bits per heavy atom. The molecule has 2 aromatic rings. The first-order valence-electron chi connectivity index (χ1n) is 8.64. The summed E-state index contributed by atoms with van der Waals surface area (Å²) in [5.74, 6) is -0.0172. The highest BCUT2D eigenvalue weighted by atomic mass is 16.5. The highest BCUT2D eigenvalue weighted by molar-refractivity contribution is 6.04. The van der Waals surface area contributed by atoms with E-state index < -0.39 is 0 Å². The van der Waals surface area contributed by atoms with Crippen LogP contribution < -0.4 is 10.1 Å². The van der Waals surface area contributed by atoms with Gasteiger partial charge >= 0.3 is 0 Å². The van der Waals surface area contributed by atoms with Gasteiger partial charge in [-0.3, -0.25) is 9.59 Å². The molecule has 0 unspecified atom stereocenters. The van der Waals surface area contributed by atoms with Crippen LogP contribution in [0.2, 0.25) is 0 Å². The second-order valence-electron chi connectivity index (χ2n) is 6.15. The number of benzene rings is 1. The summed E-state index contributed by atoms with van der Waals surface area (Å²) < 4.78 is 5.27. The van der Waals surface area contributed by atoms with Crippen LogP contribution in [-0.4, -0.2) is 42.4 Å². The van der Waals surface area contributed by atoms with E-state index in [0.29, 0.717) is 18.0 Å². The van der Waals surface area contributed by atoms with E-state index in [2.05, 4.69) is 17.2 Å². The predicted molar refractivity (Wildman–Crippen MR) is 102 cm³/mol. The molecule has 1 heterocycles. The molecule has 0 radical (unpaired) electrons. The van der Waals surface area contributed by atoms with Gasteiger partial charge in [-0.15, -0.1) is 0 Å². The molecule has 0 bridgehead atoms. The number of nitrogens with one attached hydrogen (secondary N) is 1. The van der Waals surface area contributed by atoms with Crippen LogP contribution >= 0.6 is 0 Å². The SMILES string of the molecule is CCCCN(C)C(=O)c1cccc(C(=O)Nc2cc(C)ccc2OC)n1. The molecule has 0 saturated heterocycles. The maximum absolute atomic E-state index is 12.6. The van der Waals surface area contributed by atoms with Gasteiger partial charge in [-0.25, -0.2) is 4.98 Å². The largest absolute Gasteiger partial charge is 0.495 e. The lowest BCUT2D eigenvalue weighted by Gasteiger charge is -2.16. The number of hydrogen-bond donors (Lipinski definition) is 1. The van der Waals surface area contributed by atoms with Crippen LogP contribution in [0.1, 0.15) is 46.3 Å². The first-order chi connectivity index (χ1) is 12.5. The van der Waals surface area contributed by atoms with Gasteiger partial charge in [-0.2, -0.15) is 0 Å². The average molecular weight is 355 g/mol. The van der Waals surface area contributed by atoms with Crippen LogP contribution in [0.15, 0.2) is 36.4 Å². The van der Waals surface area contributed by atoms with Crippen molar-refractivity contribution >= 4 is 17.5 Å². The van der Waals surface area contributed by atoms with Gasteiger partial charge in [0.05, 0.1) is 12.8 Å². The molecule has 0 fully saturated rings. The van der Waals surface area contributed by atoms with Crippen LogP contribution in [0.4, 0.5) is 5.69 Å². The van der Waals surface area contributed by atoms with E-state index in [4.69, 9.17) is 4.74 Å². The summed E-state index contributed by atoms with van der Waals surface area (Å²) in [5.41, 5.74) is 2.00. The Morgan fingerprint density at radius 3 is 2.62 bits per heavy atom. The molecular formula is C20H25N3O3. The summed E-state index contributed by atoms with van der Waals surface area (Å²) in [7, 11) is 3.29. The zero-order chi connectivity index (χ0) is 19.1. The highest BCUT2D eigenvalue weighted by Gasteiger charge is 2.16. The van der Waals surface area contributed by atoms with Crippen LogP contribution in [0, 0.1) is 6.92 Å². The molecule has 0 aliphatic heterocycles. The predicted octanol–water partition coefficient (Wildman–Crippen LogP) is 3.52. The second kappa shape index (κ2) is 8.99. The molecule has 6 nitrogen and oxygen atoms in total. The average Bonchev–Trinajstić information content (AvgIpc) is 2.65. The van der Waals surface area contributed by atoms with E-state index in [1.165, 1.54) is 0 Å². The van der Waals surface area contributed by atoms with Gasteiger partial charge in [0.25, 0.3) is 11.8 Å². The Hall–Kier alpha value is -2.89. The Bertz CT molecular complexity index is 790. The molecule has 0 aliphatic carbocycles. The van der Waals surface area contributed by atoms with Crippen molar-refractivity contribution in [2.75, 3.05) is 26.0 Å². The molecule has 26 heavy (non-hydrogen) atoms. The number of aromatic nitrogens is 1. The lowest BCUT2D eigenvalue weighted by atomic mass is 10.2. The van der Waals surface area contributed by atoms with Gasteiger partial charge in [-0.05, 0) is 43.2 Å². The van der Waals surface area contributed by atoms with Gasteiger partial charge in [0, 0.05) is 13.6 Å². The molecular weight excluding hydrogens is 330 g/mol. The smallest absolute Gasteiger partial charge is 0.274 e. The van der Waals surface area contributed by atoms with Crippen molar-refractivity contribution < 1.29 is 14.3 Å². The summed E-state index contributed by atoms with van der Waals surface area (Å²) in [4.78, 5) is 30.9. The third-order valence-electron chi connectivity index (χ3n) is 4.00. The van der Waals surface area contributed by atoms with Crippen LogP contribution in [0.25, 0.3) is 0 Å². The maximum atomic E-state index is 12.6. The van der Waals surface area contributed by atoms with E-state index in [1.54, 1.807) is 43.3 Å². The van der Waals surface area contributed by atoms with Crippen LogP contribution in [-0.2, 0) is 0 Å². The van der Waals surface area contributed by atoms with E-state index in [9.17, 15) is 9.59 Å². The standard InChI is InChI=1S/C20H25N3O3/c1-5-6-12-23(3)20(25)16-9-7-8-15(21-16)19(24)22-17-13-14(2)10-11-18(17)26-4/h7-11,13H,5-6,12H2,1-4H3,(H,22,24). The third kappa shape index (κ3) is 4.81. The van der Waals surface area contributed by atoms with E-state index in [-0.39, 0.29) is 23.2 Å². The lowest BCUT2D eigenvalue weighted by molar-refractivity contribution is 0.0787. The van der Waals surface area contributed by atoms with E-state index >= 15 is 0 Å². The number of ether oxygens (including phenoxy) is 1. The van der Waals surface area contributed by atoms with Gasteiger partial charge in [-0.1, -0.05) is 25.5 Å². The van der Waals surface area contributed by atoms with Gasteiger partial charge in [0.2, 0.25) is 0 Å². The minimum Gasteiger partial charge on any atom is -0.495 e. The summed E-state index contributed by atoms with van der Waals surface area (Å²) in [5, 5.41) is 2.80. The fourth-order valence-electron chi connectivity index (χ4n) is 2.48. The number of methoxy groups -OCH3 is 1. The minimum atomic E-state index is -0.389. The summed E-state index contributed by atoms with van der Waals surface area (Å²) in [6, 6.07) is 10.4. The molecule has 0 aliphatic rings. The molecule has 2 amide bonds. The van der Waals surface area contributed by atoms with Gasteiger partial charge in [0.15, 0.2) is 0 Å². The maximum Gasteiger partial charge on any atom is 0.274 e. The number of rotatable bonds is 7. The fraction of sp³-hybridized carbons (Fsp3) is 0.350. The number of carbonyl (C=O) groups excluding carboxylic acids is 2. The van der Waals surface area contributed by atoms with Crippen molar-refractivity contribution in [3.8, 4) is 5.75 Å². The number of pyridine rings is 1. The topological polar surface area (TPSA) is 71.5 Å². The van der Waals surface area contributed by atoms with E-state index in [0.717, 1.165) is 18.4 Å². The van der Waals surface area contributed by atoms with Crippen molar-refractivity contribution in [1.29, 1.82) is 0 Å². The molecule has 1 aromatic heterocycles. The highest BCUT2D eigenvalue weighted by Crippen LogP contribution is 2.25. The first-order valence-corrected chi connectivity index (χ1v) is 8.64. The monoisotopic (exact) mass is 355 g/mol. The number of amides is 2. The molecule has 1 aromatic carbocycles. The van der Waals surface area contributed by atoms with Crippen molar-refractivity contribution in [3.63, 3.8) is 0 Å². The summed E-state index contributed by atoms with van der Waals surface area (Å²) in [6.07, 6.45) is 1.93. The first kappa shape index (κ1) is 19.4. The lowest BCUT2D eigenvalue weighted by Crippen LogP contribution is -2.29. The molecule has 6 heteroatoms. The Kier molecular flexibility index (Phi) is 6.72. The van der Waals surface area contributed by atoms with Crippen molar-refractivity contribution in [2.45, 2.75) is 26.7 Å². The molecule has 0 saturated carbocycles. The third-order valence-corrected chi connectivity index (χ3v) is 4.00. The molecule has 0 atom stereocenters. The van der Waals surface area contributed by atoms with Gasteiger partial charge in [0.1, 0.15) is 17.1 Å². The number of aryl methyl sites for hydroxylation is 1. The van der Waals surface area contributed by atoms with Gasteiger partial charge < -0.3 is 15.0 Å². The number of nitrogens with zero attached hydrogens (tertiary/aromatic N) is 2. The number of hydrogen-bond acceptors (Lipinski definition) is 4. The van der Waals surface area contributed by atoms with Crippen molar-refractivity contribution in [2.24, 2.45) is 0 Å². The summed E-state index contributed by atoms with van der Waals surface area (Å²) in [6.45, 7) is 4.66. The Balaban J connectivity index is 2.18. The summed E-state index contributed by atoms with van der Waals surface area (Å²) >= 11 is 0. The fourth-order valence-corrected chi connectivity index (χ4v) is 2.48. The Labute approximate surface area is 154 Å². The number of carbonyl (C=O) groups is 2. The number of unbranched alkanes of at least 4 members (excludes halogenated alkanes) is 1. The quantitative estimate of drug-likeness (QED) is 0.825. The molecule has 138 valence electrons. The van der Waals surface area contributed by atoms with Crippen molar-refractivity contribution in [3.05, 3.63) is 53.3 Å². The zero-order valence-corrected chi connectivity index (χ0v) is 15.7. The second-order valence-corrected chi connectivity index (χ2v) is 6.15. The number of anilines is 1. The molecule has 1 N–H and O–H groups in total. The van der Waals surface area contributed by atoms with E-state index in [1.807, 2.05) is 19.1 Å². The normalized spacial score (nSPS) is 10.3.